The van der Waals surface area contributed by atoms with Crippen molar-refractivity contribution in [1.29, 1.82) is 0 Å². The van der Waals surface area contributed by atoms with E-state index in [0.29, 0.717) is 0 Å². The Hall–Kier alpha value is -1.29. The van der Waals surface area contributed by atoms with Crippen molar-refractivity contribution in [1.82, 2.24) is 10.6 Å². The fourth-order valence-corrected chi connectivity index (χ4v) is 2.36. The lowest BCUT2D eigenvalue weighted by atomic mass is 9.98. The highest BCUT2D eigenvalue weighted by atomic mass is 16.3. The molecule has 0 spiro atoms. The third kappa shape index (κ3) is 3.13. The molecular formula is C14H22N2O2. The summed E-state index contributed by atoms with van der Waals surface area (Å²) < 4.78 is 5.28. The van der Waals surface area contributed by atoms with E-state index in [1.165, 1.54) is 0 Å². The van der Waals surface area contributed by atoms with Crippen LogP contribution in [0.25, 0.3) is 0 Å². The Kier molecular flexibility index (Phi) is 4.07. The zero-order valence-corrected chi connectivity index (χ0v) is 11.2. The maximum atomic E-state index is 12.1. The van der Waals surface area contributed by atoms with Crippen LogP contribution in [0.15, 0.2) is 22.8 Å². The summed E-state index contributed by atoms with van der Waals surface area (Å²) in [7, 11) is 0. The minimum atomic E-state index is -0.376. The van der Waals surface area contributed by atoms with Gasteiger partial charge < -0.3 is 15.1 Å². The predicted octanol–water partition coefficient (Wildman–Crippen LogP) is 1.86. The minimum Gasteiger partial charge on any atom is -0.469 e. The number of rotatable bonds is 5. The fraction of sp³-hybridized carbons (Fsp3) is 0.643. The molecule has 4 nitrogen and oxygen atoms in total. The van der Waals surface area contributed by atoms with Crippen molar-refractivity contribution in [2.75, 3.05) is 6.54 Å². The van der Waals surface area contributed by atoms with E-state index in [1.54, 1.807) is 6.26 Å². The zero-order chi connectivity index (χ0) is 13.0. The van der Waals surface area contributed by atoms with Crippen LogP contribution in [0, 0.1) is 0 Å². The van der Waals surface area contributed by atoms with Gasteiger partial charge in [0.1, 0.15) is 5.76 Å². The molecule has 2 unspecified atom stereocenters. The summed E-state index contributed by atoms with van der Waals surface area (Å²) >= 11 is 0. The van der Waals surface area contributed by atoms with Gasteiger partial charge >= 0.3 is 0 Å². The van der Waals surface area contributed by atoms with E-state index in [4.69, 9.17) is 4.42 Å². The lowest BCUT2D eigenvalue weighted by Crippen LogP contribution is -2.53. The van der Waals surface area contributed by atoms with Gasteiger partial charge in [-0.05, 0) is 51.8 Å². The Balaban J connectivity index is 1.76. The van der Waals surface area contributed by atoms with Gasteiger partial charge in [0.25, 0.3) is 0 Å². The smallest absolute Gasteiger partial charge is 0.240 e. The second-order valence-electron chi connectivity index (χ2n) is 5.35. The van der Waals surface area contributed by atoms with Crippen LogP contribution in [0.2, 0.25) is 0 Å². The average Bonchev–Trinajstić information content (AvgIpc) is 2.98. The number of aryl methyl sites for hydroxylation is 1. The summed E-state index contributed by atoms with van der Waals surface area (Å²) in [4.78, 5) is 12.1. The van der Waals surface area contributed by atoms with Gasteiger partial charge in [-0.25, -0.2) is 0 Å². The van der Waals surface area contributed by atoms with E-state index in [1.807, 2.05) is 26.0 Å². The molecule has 1 aliphatic heterocycles. The monoisotopic (exact) mass is 250 g/mol. The Labute approximate surface area is 108 Å². The molecule has 0 saturated carbocycles. The highest BCUT2D eigenvalue weighted by molar-refractivity contribution is 5.86. The SMILES string of the molecule is CC(CCc1ccco1)NC(=O)C1(C)CCCN1. The largest absolute Gasteiger partial charge is 0.469 e. The third-order valence-corrected chi connectivity index (χ3v) is 3.65. The van der Waals surface area contributed by atoms with Gasteiger partial charge in [-0.1, -0.05) is 0 Å². The van der Waals surface area contributed by atoms with Crippen molar-refractivity contribution in [2.45, 2.75) is 51.1 Å². The van der Waals surface area contributed by atoms with Crippen molar-refractivity contribution >= 4 is 5.91 Å². The van der Waals surface area contributed by atoms with Crippen LogP contribution < -0.4 is 10.6 Å². The van der Waals surface area contributed by atoms with Crippen LogP contribution in [0.1, 0.15) is 38.9 Å². The van der Waals surface area contributed by atoms with Gasteiger partial charge in [0.05, 0.1) is 11.8 Å². The lowest BCUT2D eigenvalue weighted by molar-refractivity contribution is -0.127. The van der Waals surface area contributed by atoms with Crippen molar-refractivity contribution in [3.8, 4) is 0 Å². The number of hydrogen-bond acceptors (Lipinski definition) is 3. The highest BCUT2D eigenvalue weighted by Gasteiger charge is 2.36. The maximum Gasteiger partial charge on any atom is 0.240 e. The molecule has 2 atom stereocenters. The summed E-state index contributed by atoms with van der Waals surface area (Å²) in [5.41, 5.74) is -0.376. The molecule has 4 heteroatoms. The maximum absolute atomic E-state index is 12.1. The first-order chi connectivity index (χ1) is 8.60. The van der Waals surface area contributed by atoms with Gasteiger partial charge in [-0.3, -0.25) is 4.79 Å². The first-order valence-corrected chi connectivity index (χ1v) is 6.68. The Morgan fingerprint density at radius 1 is 1.67 bits per heavy atom. The molecular weight excluding hydrogens is 228 g/mol. The van der Waals surface area contributed by atoms with Crippen LogP contribution in [0.3, 0.4) is 0 Å². The van der Waals surface area contributed by atoms with Crippen LogP contribution >= 0.6 is 0 Å². The molecule has 0 aliphatic carbocycles. The fourth-order valence-electron chi connectivity index (χ4n) is 2.36. The van der Waals surface area contributed by atoms with Gasteiger partial charge in [0.15, 0.2) is 0 Å². The molecule has 0 aromatic carbocycles. The number of hydrogen-bond donors (Lipinski definition) is 2. The zero-order valence-electron chi connectivity index (χ0n) is 11.2. The van der Waals surface area contributed by atoms with Crippen LogP contribution in [-0.2, 0) is 11.2 Å². The van der Waals surface area contributed by atoms with E-state index in [-0.39, 0.29) is 17.5 Å². The quantitative estimate of drug-likeness (QED) is 0.838. The average molecular weight is 250 g/mol. The molecule has 0 bridgehead atoms. The molecule has 100 valence electrons. The molecule has 2 N–H and O–H groups in total. The molecule has 0 radical (unpaired) electrons. The Bertz CT molecular complexity index is 381. The minimum absolute atomic E-state index is 0.118. The standard InChI is InChI=1S/C14H22N2O2/c1-11(6-7-12-5-3-10-18-12)16-13(17)14(2)8-4-9-15-14/h3,5,10-11,15H,4,6-9H2,1-2H3,(H,16,17). The molecule has 1 aromatic heterocycles. The van der Waals surface area contributed by atoms with E-state index in [0.717, 1.165) is 38.0 Å². The number of carbonyl (C=O) groups excluding carboxylic acids is 1. The molecule has 1 aliphatic rings. The van der Waals surface area contributed by atoms with Crippen LogP contribution in [-0.4, -0.2) is 24.0 Å². The topological polar surface area (TPSA) is 54.3 Å². The highest BCUT2D eigenvalue weighted by Crippen LogP contribution is 2.19. The summed E-state index contributed by atoms with van der Waals surface area (Å²) in [5, 5.41) is 6.36. The Morgan fingerprint density at radius 2 is 2.50 bits per heavy atom. The predicted molar refractivity (Wildman–Crippen MR) is 70.3 cm³/mol. The molecule has 18 heavy (non-hydrogen) atoms. The molecule has 2 rings (SSSR count). The Morgan fingerprint density at radius 3 is 3.11 bits per heavy atom. The molecule has 2 heterocycles. The van der Waals surface area contributed by atoms with E-state index >= 15 is 0 Å². The molecule has 1 saturated heterocycles. The van der Waals surface area contributed by atoms with Crippen LogP contribution in [0.5, 0.6) is 0 Å². The van der Waals surface area contributed by atoms with Crippen molar-refractivity contribution in [2.24, 2.45) is 0 Å². The van der Waals surface area contributed by atoms with E-state index < -0.39 is 0 Å². The van der Waals surface area contributed by atoms with Crippen molar-refractivity contribution in [3.05, 3.63) is 24.2 Å². The normalized spacial score (nSPS) is 25.0. The van der Waals surface area contributed by atoms with Crippen molar-refractivity contribution < 1.29 is 9.21 Å². The lowest BCUT2D eigenvalue weighted by Gasteiger charge is -2.25. The van der Waals surface area contributed by atoms with Gasteiger partial charge in [0, 0.05) is 12.5 Å². The summed E-state index contributed by atoms with van der Waals surface area (Å²) in [6.45, 7) is 4.96. The second kappa shape index (κ2) is 5.57. The first-order valence-electron chi connectivity index (χ1n) is 6.68. The third-order valence-electron chi connectivity index (χ3n) is 3.65. The first kappa shape index (κ1) is 13.1. The summed E-state index contributed by atoms with van der Waals surface area (Å²) in [5.74, 6) is 1.09. The second-order valence-corrected chi connectivity index (χ2v) is 5.35. The van der Waals surface area contributed by atoms with Gasteiger partial charge in [0.2, 0.25) is 5.91 Å². The summed E-state index contributed by atoms with van der Waals surface area (Å²) in [6, 6.07) is 4.03. The number of furan rings is 1. The molecule has 1 aromatic rings. The number of nitrogens with one attached hydrogen (secondary N) is 2. The summed E-state index contributed by atoms with van der Waals surface area (Å²) in [6.07, 6.45) is 5.43. The van der Waals surface area contributed by atoms with Crippen molar-refractivity contribution in [3.63, 3.8) is 0 Å². The number of amides is 1. The molecule has 1 amide bonds. The van der Waals surface area contributed by atoms with Gasteiger partial charge in [-0.2, -0.15) is 0 Å². The van der Waals surface area contributed by atoms with Crippen LogP contribution in [0.4, 0.5) is 0 Å². The molecule has 1 fully saturated rings. The van der Waals surface area contributed by atoms with E-state index in [2.05, 4.69) is 10.6 Å². The van der Waals surface area contributed by atoms with E-state index in [9.17, 15) is 4.79 Å². The van der Waals surface area contributed by atoms with Gasteiger partial charge in [-0.15, -0.1) is 0 Å². The number of carbonyl (C=O) groups is 1.